The van der Waals surface area contributed by atoms with E-state index in [9.17, 15) is 18.0 Å². The number of nitrogens with zero attached hydrogens (tertiary/aromatic N) is 2. The molecule has 4 nitrogen and oxygen atoms in total. The molecule has 1 aliphatic heterocycles. The lowest BCUT2D eigenvalue weighted by Crippen LogP contribution is -2.47. The molecule has 1 aromatic heterocycles. The van der Waals surface area contributed by atoms with Gasteiger partial charge in [-0.15, -0.1) is 11.3 Å². The van der Waals surface area contributed by atoms with E-state index in [0.717, 1.165) is 48.8 Å². The van der Waals surface area contributed by atoms with Gasteiger partial charge in [0.05, 0.1) is 0 Å². The Morgan fingerprint density at radius 2 is 1.95 bits per heavy atom. The fraction of sp³-hybridized carbons (Fsp3) is 0.714. The normalized spacial score (nSPS) is 20.8. The average Bonchev–Trinajstić information content (AvgIpc) is 2.86. The number of hydrogen-bond acceptors (Lipinski definition) is 4. The molecule has 0 bridgehead atoms. The fourth-order valence-corrected chi connectivity index (χ4v) is 3.63. The zero-order valence-electron chi connectivity index (χ0n) is 12.0. The molecule has 22 heavy (non-hydrogen) atoms. The van der Waals surface area contributed by atoms with Gasteiger partial charge in [-0.1, -0.05) is 6.42 Å². The van der Waals surface area contributed by atoms with Crippen molar-refractivity contribution in [3.63, 3.8) is 0 Å². The molecule has 0 aromatic carbocycles. The lowest BCUT2D eigenvalue weighted by molar-refractivity contribution is -0.140. The summed E-state index contributed by atoms with van der Waals surface area (Å²) in [6.07, 6.45) is 0.193. The molecule has 122 valence electrons. The zero-order valence-corrected chi connectivity index (χ0v) is 12.8. The SMILES string of the molecule is O=C(NC1CCN(c2nc(C(F)(F)F)cs2)CC1)C1CCC1. The van der Waals surface area contributed by atoms with Crippen LogP contribution in [0.3, 0.4) is 0 Å². The minimum Gasteiger partial charge on any atom is -0.353 e. The number of carbonyl (C=O) groups excluding carboxylic acids is 1. The molecule has 0 atom stereocenters. The van der Waals surface area contributed by atoms with Crippen molar-refractivity contribution in [2.45, 2.75) is 44.3 Å². The zero-order chi connectivity index (χ0) is 15.7. The molecule has 0 radical (unpaired) electrons. The van der Waals surface area contributed by atoms with Gasteiger partial charge in [0.1, 0.15) is 0 Å². The molecule has 1 saturated heterocycles. The lowest BCUT2D eigenvalue weighted by Gasteiger charge is -2.34. The van der Waals surface area contributed by atoms with Gasteiger partial charge in [-0.05, 0) is 25.7 Å². The molecule has 2 heterocycles. The Kier molecular flexibility index (Phi) is 4.29. The molecule has 2 fully saturated rings. The van der Waals surface area contributed by atoms with Crippen molar-refractivity contribution in [2.24, 2.45) is 5.92 Å². The molecule has 1 aliphatic carbocycles. The van der Waals surface area contributed by atoms with E-state index in [1.807, 2.05) is 4.90 Å². The number of aromatic nitrogens is 1. The number of carbonyl (C=O) groups is 1. The van der Waals surface area contributed by atoms with Crippen LogP contribution in [-0.2, 0) is 11.0 Å². The third-order valence-electron chi connectivity index (χ3n) is 4.37. The summed E-state index contributed by atoms with van der Waals surface area (Å²) in [6.45, 7) is 1.25. The standard InChI is InChI=1S/C14H18F3N3OS/c15-14(16,17)11-8-22-13(19-11)20-6-4-10(5-7-20)18-12(21)9-2-1-3-9/h8-10H,1-7H2,(H,18,21). The molecule has 8 heteroatoms. The summed E-state index contributed by atoms with van der Waals surface area (Å²) in [6, 6.07) is 0.131. The highest BCUT2D eigenvalue weighted by molar-refractivity contribution is 7.13. The van der Waals surface area contributed by atoms with Gasteiger partial charge in [-0.3, -0.25) is 4.79 Å². The Labute approximate surface area is 130 Å². The van der Waals surface area contributed by atoms with Crippen LogP contribution in [0, 0.1) is 5.92 Å². The fourth-order valence-electron chi connectivity index (χ4n) is 2.74. The van der Waals surface area contributed by atoms with Crippen molar-refractivity contribution in [1.82, 2.24) is 10.3 Å². The maximum absolute atomic E-state index is 12.6. The summed E-state index contributed by atoms with van der Waals surface area (Å²) >= 11 is 1.02. The molecule has 0 spiro atoms. The third kappa shape index (κ3) is 3.37. The van der Waals surface area contributed by atoms with Crippen molar-refractivity contribution in [3.8, 4) is 0 Å². The van der Waals surface area contributed by atoms with Crippen LogP contribution in [0.5, 0.6) is 0 Å². The smallest absolute Gasteiger partial charge is 0.353 e. The maximum Gasteiger partial charge on any atom is 0.434 e. The molecule has 3 rings (SSSR count). The van der Waals surface area contributed by atoms with Gasteiger partial charge < -0.3 is 10.2 Å². The highest BCUT2D eigenvalue weighted by Crippen LogP contribution is 2.34. The van der Waals surface area contributed by atoms with Crippen molar-refractivity contribution in [3.05, 3.63) is 11.1 Å². The van der Waals surface area contributed by atoms with Crippen molar-refractivity contribution < 1.29 is 18.0 Å². The molecule has 1 N–H and O–H groups in total. The van der Waals surface area contributed by atoms with Crippen LogP contribution < -0.4 is 10.2 Å². The Hall–Kier alpha value is -1.31. The first kappa shape index (κ1) is 15.6. The molecule has 0 unspecified atom stereocenters. The molecule has 1 saturated carbocycles. The Balaban J connectivity index is 1.51. The van der Waals surface area contributed by atoms with Crippen LogP contribution in [-0.4, -0.2) is 30.0 Å². The lowest BCUT2D eigenvalue weighted by atomic mass is 9.84. The Morgan fingerprint density at radius 3 is 2.45 bits per heavy atom. The number of anilines is 1. The number of thiazole rings is 1. The molecular formula is C14H18F3N3OS. The Morgan fingerprint density at radius 1 is 1.27 bits per heavy atom. The number of piperidine rings is 1. The van der Waals surface area contributed by atoms with E-state index < -0.39 is 11.9 Å². The van der Waals surface area contributed by atoms with Gasteiger partial charge >= 0.3 is 6.18 Å². The molecular weight excluding hydrogens is 315 g/mol. The summed E-state index contributed by atoms with van der Waals surface area (Å²) in [5, 5.41) is 4.53. The van der Waals surface area contributed by atoms with E-state index in [0.29, 0.717) is 18.2 Å². The van der Waals surface area contributed by atoms with E-state index in [1.54, 1.807) is 0 Å². The number of alkyl halides is 3. The Bertz CT molecular complexity index is 534. The predicted molar refractivity (Wildman–Crippen MR) is 77.8 cm³/mol. The summed E-state index contributed by atoms with van der Waals surface area (Å²) < 4.78 is 37.7. The van der Waals surface area contributed by atoms with Crippen molar-refractivity contribution in [1.29, 1.82) is 0 Å². The van der Waals surface area contributed by atoms with E-state index >= 15 is 0 Å². The number of amides is 1. The van der Waals surface area contributed by atoms with Gasteiger partial charge in [0.15, 0.2) is 10.8 Å². The van der Waals surface area contributed by atoms with E-state index in [2.05, 4.69) is 10.3 Å². The average molecular weight is 333 g/mol. The van der Waals surface area contributed by atoms with Crippen molar-refractivity contribution in [2.75, 3.05) is 18.0 Å². The summed E-state index contributed by atoms with van der Waals surface area (Å²) in [5.41, 5.74) is -0.826. The van der Waals surface area contributed by atoms with Crippen LogP contribution in [0.4, 0.5) is 18.3 Å². The number of halogens is 3. The highest BCUT2D eigenvalue weighted by Gasteiger charge is 2.35. The number of rotatable bonds is 3. The first-order valence-corrected chi connectivity index (χ1v) is 8.39. The molecule has 2 aliphatic rings. The van der Waals surface area contributed by atoms with Gasteiger partial charge in [-0.25, -0.2) is 4.98 Å². The van der Waals surface area contributed by atoms with Gasteiger partial charge in [0, 0.05) is 30.4 Å². The largest absolute Gasteiger partial charge is 0.434 e. The van der Waals surface area contributed by atoms with Gasteiger partial charge in [0.2, 0.25) is 5.91 Å². The maximum atomic E-state index is 12.6. The minimum atomic E-state index is -4.39. The first-order valence-electron chi connectivity index (χ1n) is 7.51. The highest BCUT2D eigenvalue weighted by atomic mass is 32.1. The van der Waals surface area contributed by atoms with Crippen LogP contribution in [0.25, 0.3) is 0 Å². The molecule has 1 aromatic rings. The summed E-state index contributed by atoms with van der Waals surface area (Å²) in [5.74, 6) is 0.310. The van der Waals surface area contributed by atoms with Crippen LogP contribution in [0.1, 0.15) is 37.8 Å². The molecule has 1 amide bonds. The summed E-state index contributed by atoms with van der Waals surface area (Å²) in [7, 11) is 0. The number of nitrogens with one attached hydrogen (secondary N) is 1. The quantitative estimate of drug-likeness (QED) is 0.925. The minimum absolute atomic E-state index is 0.131. The van der Waals surface area contributed by atoms with E-state index in [1.165, 1.54) is 0 Å². The van der Waals surface area contributed by atoms with E-state index in [4.69, 9.17) is 0 Å². The third-order valence-corrected chi connectivity index (χ3v) is 5.27. The van der Waals surface area contributed by atoms with Crippen LogP contribution in [0.2, 0.25) is 0 Å². The van der Waals surface area contributed by atoms with Gasteiger partial charge in [-0.2, -0.15) is 13.2 Å². The topological polar surface area (TPSA) is 45.2 Å². The predicted octanol–water partition coefficient (Wildman–Crippen LogP) is 3.05. The van der Waals surface area contributed by atoms with Crippen molar-refractivity contribution >= 4 is 22.4 Å². The second-order valence-corrected chi connectivity index (χ2v) is 6.75. The van der Waals surface area contributed by atoms with Crippen LogP contribution in [0.15, 0.2) is 5.38 Å². The first-order chi connectivity index (χ1) is 10.4. The van der Waals surface area contributed by atoms with E-state index in [-0.39, 0.29) is 17.9 Å². The van der Waals surface area contributed by atoms with Gasteiger partial charge in [0.25, 0.3) is 0 Å². The monoisotopic (exact) mass is 333 g/mol. The second kappa shape index (κ2) is 6.06. The number of hydrogen-bond donors (Lipinski definition) is 1. The second-order valence-electron chi connectivity index (χ2n) is 5.91. The summed E-state index contributed by atoms with van der Waals surface area (Å²) in [4.78, 5) is 17.4. The van der Waals surface area contributed by atoms with Crippen LogP contribution >= 0.6 is 11.3 Å².